The van der Waals surface area contributed by atoms with Crippen LogP contribution in [-0.4, -0.2) is 86.8 Å². The fourth-order valence-corrected chi connectivity index (χ4v) is 6.51. The number of aliphatic hydroxyl groups excluding tert-OH is 1. The lowest BCUT2D eigenvalue weighted by atomic mass is 10.0. The predicted molar refractivity (Wildman–Crippen MR) is 244 cm³/mol. The molecule has 3 unspecified atom stereocenters. The molecule has 9 nitrogen and oxygen atoms in total. The van der Waals surface area contributed by atoms with Crippen LogP contribution in [0, 0.1) is 0 Å². The molecule has 0 rings (SSSR count). The Morgan fingerprint density at radius 3 is 1.60 bits per heavy atom. The van der Waals surface area contributed by atoms with Crippen molar-refractivity contribution in [2.24, 2.45) is 0 Å². The number of carbonyl (C=O) groups excluding carboxylic acids is 1. The molecule has 0 aromatic rings. The molecule has 0 aliphatic heterocycles. The van der Waals surface area contributed by atoms with Crippen LogP contribution in [0.25, 0.3) is 0 Å². The van der Waals surface area contributed by atoms with Crippen LogP contribution in [0.2, 0.25) is 0 Å². The molecule has 3 atom stereocenters. The van der Waals surface area contributed by atoms with Crippen LogP contribution >= 0.6 is 7.82 Å². The Morgan fingerprint density at radius 2 is 1.10 bits per heavy atom. The highest BCUT2D eigenvalue weighted by Gasteiger charge is 2.26. The predicted octanol–water partition coefficient (Wildman–Crippen LogP) is 12.5. The second-order valence-electron chi connectivity index (χ2n) is 16.3. The number of hydrogen-bond donors (Lipinski definition) is 2. The Morgan fingerprint density at radius 1 is 0.621 bits per heavy atom. The number of rotatable bonds is 41. The number of quaternary nitrogens is 1. The number of hydrogen-bond acceptors (Lipinski definition) is 7. The molecule has 0 aliphatic rings. The van der Waals surface area contributed by atoms with E-state index in [9.17, 15) is 19.4 Å². The van der Waals surface area contributed by atoms with Crippen LogP contribution in [0.1, 0.15) is 162 Å². The van der Waals surface area contributed by atoms with Crippen molar-refractivity contribution < 1.29 is 42.4 Å². The van der Waals surface area contributed by atoms with Crippen LogP contribution in [0.15, 0.2) is 72.9 Å². The molecule has 0 radical (unpaired) electrons. The van der Waals surface area contributed by atoms with E-state index in [1.165, 1.54) is 89.9 Å². The minimum absolute atomic E-state index is 0.0672. The van der Waals surface area contributed by atoms with Gasteiger partial charge >= 0.3 is 13.8 Å². The first-order valence-electron chi connectivity index (χ1n) is 22.8. The van der Waals surface area contributed by atoms with E-state index in [1.807, 2.05) is 52.4 Å². The number of likely N-dealkylation sites (N-methyl/N-ethyl adjacent to an activating group) is 1. The molecular formula is C48H87NO8P+. The third-order valence-electron chi connectivity index (χ3n) is 9.45. The van der Waals surface area contributed by atoms with Gasteiger partial charge in [0.2, 0.25) is 0 Å². The van der Waals surface area contributed by atoms with E-state index in [-0.39, 0.29) is 32.3 Å². The van der Waals surface area contributed by atoms with Crippen molar-refractivity contribution in [3.8, 4) is 0 Å². The van der Waals surface area contributed by atoms with Gasteiger partial charge in [-0.25, -0.2) is 4.57 Å². The molecule has 0 bridgehead atoms. The third-order valence-corrected chi connectivity index (χ3v) is 10.4. The molecule has 0 saturated heterocycles. The number of unbranched alkanes of at least 4 members (excludes halogenated alkanes) is 15. The SMILES string of the molecule is CCCCCCCCCCCCCCCCCCOCC(COP(=O)(O)OCC[N+](C)(C)C)OC(=O)CC/C=C\C/C=C\C/C=C\C/C=C\C/C=C\C=C\C(O)CC. The molecule has 0 aromatic heterocycles. The van der Waals surface area contributed by atoms with Crippen LogP contribution in [0.4, 0.5) is 0 Å². The standard InChI is InChI=1S/C48H86NO8P/c1-6-8-9-10-11-12-13-14-15-20-23-26-29-32-35-38-42-54-44-47(45-56-58(52,53)55-43-41-49(3,4)5)57-48(51)40-37-34-31-28-25-22-19-17-16-18-21-24-27-30-33-36-39-46(50)7-2/h16-17,21-22,24-25,30-31,33-34,36,39,46-47,50H,6-15,18-20,23,26-29,32,35,37-38,40-45H2,1-5H3/p+1/b17-16-,24-21-,25-22-,33-30-,34-31-,39-36+. The summed E-state index contributed by atoms with van der Waals surface area (Å²) >= 11 is 0. The van der Waals surface area contributed by atoms with Gasteiger partial charge in [-0.05, 0) is 44.9 Å². The van der Waals surface area contributed by atoms with Crippen LogP contribution in [0.5, 0.6) is 0 Å². The fraction of sp³-hybridized carbons (Fsp3) is 0.729. The number of allylic oxidation sites excluding steroid dienone is 11. The van der Waals surface area contributed by atoms with Crippen molar-refractivity contribution in [2.75, 3.05) is 54.1 Å². The average molecular weight is 837 g/mol. The summed E-state index contributed by atoms with van der Waals surface area (Å²) in [5, 5.41) is 9.48. The fourth-order valence-electron chi connectivity index (χ4n) is 5.77. The molecular weight excluding hydrogens is 750 g/mol. The number of esters is 1. The van der Waals surface area contributed by atoms with E-state index < -0.39 is 19.9 Å². The maximum atomic E-state index is 12.7. The van der Waals surface area contributed by atoms with Gasteiger partial charge in [0.15, 0.2) is 0 Å². The smallest absolute Gasteiger partial charge is 0.457 e. The molecule has 0 spiro atoms. The summed E-state index contributed by atoms with van der Waals surface area (Å²) < 4.78 is 34.9. The van der Waals surface area contributed by atoms with Gasteiger partial charge in [-0.1, -0.05) is 183 Å². The Kier molecular flexibility index (Phi) is 38.9. The van der Waals surface area contributed by atoms with E-state index in [4.69, 9.17) is 18.5 Å². The molecule has 58 heavy (non-hydrogen) atoms. The summed E-state index contributed by atoms with van der Waals surface area (Å²) in [6.45, 7) is 5.18. The van der Waals surface area contributed by atoms with E-state index >= 15 is 0 Å². The lowest BCUT2D eigenvalue weighted by molar-refractivity contribution is -0.870. The highest BCUT2D eigenvalue weighted by atomic mass is 31.2. The third kappa shape index (κ3) is 43.5. The quantitative estimate of drug-likeness (QED) is 0.0156. The number of aliphatic hydroxyl groups is 1. The summed E-state index contributed by atoms with van der Waals surface area (Å²) in [6, 6.07) is 0. The maximum Gasteiger partial charge on any atom is 0.472 e. The van der Waals surface area contributed by atoms with E-state index in [0.29, 0.717) is 24.1 Å². The van der Waals surface area contributed by atoms with Gasteiger partial charge in [-0.15, -0.1) is 0 Å². The highest BCUT2D eigenvalue weighted by Crippen LogP contribution is 2.43. The molecule has 0 aromatic carbocycles. The number of phosphoric acid groups is 1. The first-order chi connectivity index (χ1) is 28.0. The highest BCUT2D eigenvalue weighted by molar-refractivity contribution is 7.47. The second-order valence-corrected chi connectivity index (χ2v) is 17.7. The lowest BCUT2D eigenvalue weighted by Gasteiger charge is -2.24. The van der Waals surface area contributed by atoms with Gasteiger partial charge in [0.05, 0.1) is 40.5 Å². The van der Waals surface area contributed by atoms with Crippen molar-refractivity contribution in [2.45, 2.75) is 174 Å². The Hall–Kier alpha value is -2.10. The Labute approximate surface area is 355 Å². The van der Waals surface area contributed by atoms with Gasteiger partial charge in [-0.2, -0.15) is 0 Å². The van der Waals surface area contributed by atoms with Crippen molar-refractivity contribution >= 4 is 13.8 Å². The molecule has 0 heterocycles. The molecule has 0 fully saturated rings. The van der Waals surface area contributed by atoms with Crippen molar-refractivity contribution in [3.05, 3.63) is 72.9 Å². The molecule has 0 aliphatic carbocycles. The van der Waals surface area contributed by atoms with Crippen LogP contribution in [0.3, 0.4) is 0 Å². The van der Waals surface area contributed by atoms with Crippen molar-refractivity contribution in [1.82, 2.24) is 0 Å². The Balaban J connectivity index is 4.37. The zero-order valence-corrected chi connectivity index (χ0v) is 38.5. The normalized spacial score (nSPS) is 14.9. The number of phosphoric ester groups is 1. The van der Waals surface area contributed by atoms with E-state index in [0.717, 1.165) is 44.9 Å². The summed E-state index contributed by atoms with van der Waals surface area (Å²) in [7, 11) is 1.60. The topological polar surface area (TPSA) is 112 Å². The number of ether oxygens (including phenoxy) is 2. The molecule has 10 heteroatoms. The van der Waals surface area contributed by atoms with Gasteiger partial charge in [0.1, 0.15) is 19.3 Å². The lowest BCUT2D eigenvalue weighted by Crippen LogP contribution is -2.37. The number of carbonyl (C=O) groups is 1. The summed E-state index contributed by atoms with van der Waals surface area (Å²) in [5.41, 5.74) is 0. The zero-order chi connectivity index (χ0) is 42.8. The monoisotopic (exact) mass is 837 g/mol. The van der Waals surface area contributed by atoms with Gasteiger partial charge in [0, 0.05) is 13.0 Å². The van der Waals surface area contributed by atoms with Gasteiger partial charge in [-0.3, -0.25) is 13.8 Å². The maximum absolute atomic E-state index is 12.7. The number of nitrogens with zero attached hydrogens (tertiary/aromatic N) is 1. The first-order valence-corrected chi connectivity index (χ1v) is 24.3. The molecule has 0 amide bonds. The largest absolute Gasteiger partial charge is 0.472 e. The molecule has 0 saturated carbocycles. The van der Waals surface area contributed by atoms with Crippen molar-refractivity contribution in [1.29, 1.82) is 0 Å². The van der Waals surface area contributed by atoms with Crippen LogP contribution < -0.4 is 0 Å². The average Bonchev–Trinajstić information content (AvgIpc) is 3.18. The van der Waals surface area contributed by atoms with Gasteiger partial charge < -0.3 is 24.0 Å². The second kappa shape index (κ2) is 40.3. The molecule has 336 valence electrons. The molecule has 2 N–H and O–H groups in total. The van der Waals surface area contributed by atoms with E-state index in [1.54, 1.807) is 6.08 Å². The van der Waals surface area contributed by atoms with Crippen molar-refractivity contribution in [3.63, 3.8) is 0 Å². The Bertz CT molecular complexity index is 1170. The summed E-state index contributed by atoms with van der Waals surface area (Å²) in [6.07, 6.45) is 49.0. The minimum atomic E-state index is -4.30. The van der Waals surface area contributed by atoms with Gasteiger partial charge in [0.25, 0.3) is 0 Å². The zero-order valence-electron chi connectivity index (χ0n) is 37.6. The minimum Gasteiger partial charge on any atom is -0.457 e. The van der Waals surface area contributed by atoms with E-state index in [2.05, 4.69) is 49.5 Å². The summed E-state index contributed by atoms with van der Waals surface area (Å²) in [5.74, 6) is -0.405. The summed E-state index contributed by atoms with van der Waals surface area (Å²) in [4.78, 5) is 22.9. The first kappa shape index (κ1) is 55.9. The van der Waals surface area contributed by atoms with Crippen LogP contribution in [-0.2, 0) is 27.9 Å².